The molecular formula is C18H20FNO3S. The largest absolute Gasteiger partial charge is 0.493 e. The Kier molecular flexibility index (Phi) is 6.49. The van der Waals surface area contributed by atoms with Crippen LogP contribution in [0.5, 0.6) is 11.5 Å². The number of hydrogen-bond donors (Lipinski definition) is 1. The molecule has 2 rings (SSSR count). The Morgan fingerprint density at radius 3 is 2.54 bits per heavy atom. The van der Waals surface area contributed by atoms with Gasteiger partial charge in [0.05, 0.1) is 20.0 Å². The molecule has 0 bridgehead atoms. The molecule has 0 aliphatic heterocycles. The predicted octanol–water partition coefficient (Wildman–Crippen LogP) is 4.02. The second-order valence-electron chi connectivity index (χ2n) is 5.18. The zero-order chi connectivity index (χ0) is 17.5. The fourth-order valence-corrected chi connectivity index (χ4v) is 3.09. The van der Waals surface area contributed by atoms with Gasteiger partial charge in [0.2, 0.25) is 5.91 Å². The quantitative estimate of drug-likeness (QED) is 0.820. The van der Waals surface area contributed by atoms with Gasteiger partial charge in [0.1, 0.15) is 5.82 Å². The van der Waals surface area contributed by atoms with Crippen molar-refractivity contribution in [1.29, 1.82) is 0 Å². The van der Waals surface area contributed by atoms with Crippen molar-refractivity contribution in [2.24, 2.45) is 0 Å². The molecule has 0 heterocycles. The summed E-state index contributed by atoms with van der Waals surface area (Å²) in [6.07, 6.45) is 0. The molecule has 1 N–H and O–H groups in total. The maximum absolute atomic E-state index is 13.1. The van der Waals surface area contributed by atoms with Gasteiger partial charge < -0.3 is 14.8 Å². The smallest absolute Gasteiger partial charge is 0.234 e. The van der Waals surface area contributed by atoms with E-state index < -0.39 is 0 Å². The second kappa shape index (κ2) is 8.59. The van der Waals surface area contributed by atoms with E-state index in [1.165, 1.54) is 23.9 Å². The number of rotatable bonds is 7. The summed E-state index contributed by atoms with van der Waals surface area (Å²) in [5.41, 5.74) is 2.62. The molecule has 0 fully saturated rings. The Hall–Kier alpha value is -2.21. The van der Waals surface area contributed by atoms with Crippen LogP contribution in [0.1, 0.15) is 11.1 Å². The third-order valence-electron chi connectivity index (χ3n) is 3.44. The standard InChI is InChI=1S/C18H20FNO3S/c1-12-7-16(22-2)17(23-3)8-13(12)10-24-11-18(21)20-15-6-4-5-14(19)9-15/h4-9H,10-11H2,1-3H3,(H,20,21). The van der Waals surface area contributed by atoms with Crippen LogP contribution in [0, 0.1) is 12.7 Å². The zero-order valence-corrected chi connectivity index (χ0v) is 14.7. The van der Waals surface area contributed by atoms with Crippen LogP contribution in [-0.2, 0) is 10.5 Å². The molecule has 0 saturated carbocycles. The van der Waals surface area contributed by atoms with Crippen molar-refractivity contribution in [2.45, 2.75) is 12.7 Å². The Bertz CT molecular complexity index is 721. The summed E-state index contributed by atoms with van der Waals surface area (Å²) >= 11 is 1.48. The minimum Gasteiger partial charge on any atom is -0.493 e. The molecule has 0 aromatic heterocycles. The van der Waals surface area contributed by atoms with Crippen molar-refractivity contribution in [3.63, 3.8) is 0 Å². The normalized spacial score (nSPS) is 10.3. The van der Waals surface area contributed by atoms with Gasteiger partial charge in [-0.2, -0.15) is 0 Å². The van der Waals surface area contributed by atoms with E-state index in [-0.39, 0.29) is 17.5 Å². The first-order chi connectivity index (χ1) is 11.5. The molecule has 0 spiro atoms. The number of halogens is 1. The van der Waals surface area contributed by atoms with Gasteiger partial charge in [-0.05, 0) is 48.4 Å². The maximum atomic E-state index is 13.1. The second-order valence-corrected chi connectivity index (χ2v) is 6.17. The first-order valence-corrected chi connectivity index (χ1v) is 8.53. The van der Waals surface area contributed by atoms with Crippen LogP contribution in [0.25, 0.3) is 0 Å². The molecule has 6 heteroatoms. The summed E-state index contributed by atoms with van der Waals surface area (Å²) in [4.78, 5) is 11.9. The summed E-state index contributed by atoms with van der Waals surface area (Å²) in [5, 5.41) is 2.68. The van der Waals surface area contributed by atoms with Gasteiger partial charge in [-0.3, -0.25) is 4.79 Å². The van der Waals surface area contributed by atoms with Crippen LogP contribution < -0.4 is 14.8 Å². The number of methoxy groups -OCH3 is 2. The Morgan fingerprint density at radius 1 is 1.17 bits per heavy atom. The maximum Gasteiger partial charge on any atom is 0.234 e. The van der Waals surface area contributed by atoms with E-state index in [9.17, 15) is 9.18 Å². The molecule has 0 saturated heterocycles. The van der Waals surface area contributed by atoms with Crippen LogP contribution in [0.15, 0.2) is 36.4 Å². The van der Waals surface area contributed by atoms with Crippen molar-refractivity contribution in [1.82, 2.24) is 0 Å². The van der Waals surface area contributed by atoms with Crippen LogP contribution in [0.3, 0.4) is 0 Å². The molecule has 0 radical (unpaired) electrons. The molecule has 2 aromatic carbocycles. The third kappa shape index (κ3) is 4.89. The molecule has 0 aliphatic rings. The minimum absolute atomic E-state index is 0.163. The predicted molar refractivity (Wildman–Crippen MR) is 95.5 cm³/mol. The average Bonchev–Trinajstić information content (AvgIpc) is 2.55. The van der Waals surface area contributed by atoms with Gasteiger partial charge in [0, 0.05) is 11.4 Å². The zero-order valence-electron chi connectivity index (χ0n) is 13.9. The SMILES string of the molecule is COc1cc(C)c(CSCC(=O)Nc2cccc(F)c2)cc1OC. The highest BCUT2D eigenvalue weighted by molar-refractivity contribution is 7.99. The lowest BCUT2D eigenvalue weighted by Gasteiger charge is -2.12. The number of thioether (sulfide) groups is 1. The van der Waals surface area contributed by atoms with Crippen molar-refractivity contribution >= 4 is 23.4 Å². The third-order valence-corrected chi connectivity index (χ3v) is 4.42. The number of anilines is 1. The lowest BCUT2D eigenvalue weighted by Crippen LogP contribution is -2.14. The molecule has 0 unspecified atom stereocenters. The summed E-state index contributed by atoms with van der Waals surface area (Å²) in [6.45, 7) is 1.99. The van der Waals surface area contributed by atoms with E-state index in [2.05, 4.69) is 5.32 Å². The number of carbonyl (C=O) groups is 1. The van der Waals surface area contributed by atoms with Crippen LogP contribution in [0.4, 0.5) is 10.1 Å². The van der Waals surface area contributed by atoms with E-state index in [1.807, 2.05) is 19.1 Å². The fourth-order valence-electron chi connectivity index (χ4n) is 2.20. The van der Waals surface area contributed by atoms with Crippen LogP contribution in [0.2, 0.25) is 0 Å². The monoisotopic (exact) mass is 349 g/mol. The highest BCUT2D eigenvalue weighted by atomic mass is 32.2. The molecule has 4 nitrogen and oxygen atoms in total. The molecule has 24 heavy (non-hydrogen) atoms. The van der Waals surface area contributed by atoms with Crippen LogP contribution in [-0.4, -0.2) is 25.9 Å². The van der Waals surface area contributed by atoms with Crippen molar-refractivity contribution in [2.75, 3.05) is 25.3 Å². The van der Waals surface area contributed by atoms with Gasteiger partial charge in [-0.15, -0.1) is 11.8 Å². The number of ether oxygens (including phenoxy) is 2. The van der Waals surface area contributed by atoms with E-state index in [0.29, 0.717) is 22.9 Å². The highest BCUT2D eigenvalue weighted by Gasteiger charge is 2.10. The van der Waals surface area contributed by atoms with Crippen molar-refractivity contribution in [3.8, 4) is 11.5 Å². The Balaban J connectivity index is 1.90. The molecule has 0 atom stereocenters. The Labute approximate surface area is 145 Å². The number of amides is 1. The van der Waals surface area contributed by atoms with Gasteiger partial charge in [0.15, 0.2) is 11.5 Å². The highest BCUT2D eigenvalue weighted by Crippen LogP contribution is 2.31. The van der Waals surface area contributed by atoms with Gasteiger partial charge in [-0.25, -0.2) is 4.39 Å². The average molecular weight is 349 g/mol. The molecule has 1 amide bonds. The van der Waals surface area contributed by atoms with Gasteiger partial charge in [0.25, 0.3) is 0 Å². The first kappa shape index (κ1) is 18.1. The topological polar surface area (TPSA) is 47.6 Å². The summed E-state index contributed by atoms with van der Waals surface area (Å²) in [7, 11) is 3.19. The lowest BCUT2D eigenvalue weighted by molar-refractivity contribution is -0.113. The van der Waals surface area contributed by atoms with Crippen LogP contribution >= 0.6 is 11.8 Å². The number of carbonyl (C=O) groups excluding carboxylic acids is 1. The molecular weight excluding hydrogens is 329 g/mol. The number of nitrogens with one attached hydrogen (secondary N) is 1. The Morgan fingerprint density at radius 2 is 1.88 bits per heavy atom. The summed E-state index contributed by atoms with van der Waals surface area (Å²) in [5.74, 6) is 1.77. The lowest BCUT2D eigenvalue weighted by atomic mass is 10.1. The minimum atomic E-state index is -0.374. The number of hydrogen-bond acceptors (Lipinski definition) is 4. The first-order valence-electron chi connectivity index (χ1n) is 7.38. The number of benzene rings is 2. The summed E-state index contributed by atoms with van der Waals surface area (Å²) in [6, 6.07) is 9.69. The van der Waals surface area contributed by atoms with E-state index in [1.54, 1.807) is 26.4 Å². The molecule has 128 valence electrons. The van der Waals surface area contributed by atoms with Gasteiger partial charge >= 0.3 is 0 Å². The molecule has 0 aliphatic carbocycles. The van der Waals surface area contributed by atoms with E-state index in [4.69, 9.17) is 9.47 Å². The van der Waals surface area contributed by atoms with E-state index >= 15 is 0 Å². The molecule has 2 aromatic rings. The van der Waals surface area contributed by atoms with Crippen molar-refractivity contribution < 1.29 is 18.7 Å². The van der Waals surface area contributed by atoms with Gasteiger partial charge in [-0.1, -0.05) is 6.07 Å². The summed E-state index contributed by atoms with van der Waals surface area (Å²) < 4.78 is 23.7. The van der Waals surface area contributed by atoms with Crippen molar-refractivity contribution in [3.05, 3.63) is 53.3 Å². The fraction of sp³-hybridized carbons (Fsp3) is 0.278. The van der Waals surface area contributed by atoms with E-state index in [0.717, 1.165) is 11.1 Å². The number of aryl methyl sites for hydroxylation is 1.